The van der Waals surface area contributed by atoms with Crippen molar-refractivity contribution in [2.75, 3.05) is 13.2 Å². The second-order valence-corrected chi connectivity index (χ2v) is 6.23. The van der Waals surface area contributed by atoms with E-state index in [2.05, 4.69) is 15.5 Å². The molecule has 2 aromatic carbocycles. The minimum atomic E-state index is -0.485. The molecular formula is C20H18FN3O3. The zero-order valence-corrected chi connectivity index (χ0v) is 14.7. The maximum absolute atomic E-state index is 13.9. The van der Waals surface area contributed by atoms with Crippen molar-refractivity contribution in [2.24, 2.45) is 0 Å². The molecule has 0 radical (unpaired) electrons. The van der Waals surface area contributed by atoms with E-state index in [1.807, 2.05) is 6.07 Å². The van der Waals surface area contributed by atoms with Gasteiger partial charge in [-0.25, -0.2) is 4.39 Å². The molecule has 0 saturated heterocycles. The molecule has 0 saturated carbocycles. The lowest BCUT2D eigenvalue weighted by atomic mass is 10.0. The van der Waals surface area contributed by atoms with Crippen molar-refractivity contribution in [3.8, 4) is 22.8 Å². The van der Waals surface area contributed by atoms with Crippen LogP contribution in [0.1, 0.15) is 28.9 Å². The highest BCUT2D eigenvalue weighted by Crippen LogP contribution is 2.35. The van der Waals surface area contributed by atoms with Gasteiger partial charge in [-0.1, -0.05) is 18.2 Å². The number of aromatic nitrogens is 2. The number of benzene rings is 2. The van der Waals surface area contributed by atoms with Gasteiger partial charge < -0.3 is 14.8 Å². The molecule has 3 aromatic rings. The number of hydrogen-bond acceptors (Lipinski definition) is 4. The van der Waals surface area contributed by atoms with E-state index in [1.165, 1.54) is 12.3 Å². The zero-order valence-electron chi connectivity index (χ0n) is 14.7. The number of aromatic amines is 1. The van der Waals surface area contributed by atoms with E-state index >= 15 is 0 Å². The Morgan fingerprint density at radius 1 is 1.19 bits per heavy atom. The number of amides is 1. The second kappa shape index (κ2) is 7.11. The van der Waals surface area contributed by atoms with Crippen LogP contribution in [0.2, 0.25) is 0 Å². The summed E-state index contributed by atoms with van der Waals surface area (Å²) >= 11 is 0. The second-order valence-electron chi connectivity index (χ2n) is 6.23. The average Bonchev–Trinajstić information content (AvgIpc) is 3.18. The minimum Gasteiger partial charge on any atom is -0.486 e. The SMILES string of the molecule is CC(NC(=O)c1cn[nH]c1-c1ccc2c(c1)OCCO2)c1ccccc1F. The highest BCUT2D eigenvalue weighted by molar-refractivity contribution is 6.00. The van der Waals surface area contributed by atoms with E-state index in [-0.39, 0.29) is 11.7 Å². The molecule has 1 aromatic heterocycles. The van der Waals surface area contributed by atoms with Gasteiger partial charge in [-0.15, -0.1) is 0 Å². The lowest BCUT2D eigenvalue weighted by molar-refractivity contribution is 0.0940. The van der Waals surface area contributed by atoms with Crippen molar-refractivity contribution >= 4 is 5.91 Å². The molecule has 1 unspecified atom stereocenters. The quantitative estimate of drug-likeness (QED) is 0.740. The summed E-state index contributed by atoms with van der Waals surface area (Å²) in [5.74, 6) is 0.595. The first-order valence-electron chi connectivity index (χ1n) is 8.62. The first-order chi connectivity index (χ1) is 13.1. The van der Waals surface area contributed by atoms with Gasteiger partial charge >= 0.3 is 0 Å². The molecule has 4 rings (SSSR count). The fourth-order valence-electron chi connectivity index (χ4n) is 3.06. The number of carbonyl (C=O) groups is 1. The standard InChI is InChI=1S/C20H18FN3O3/c1-12(14-4-2-3-5-16(14)21)23-20(25)15-11-22-24-19(15)13-6-7-17-18(10-13)27-9-8-26-17/h2-7,10-12H,8-9H2,1H3,(H,22,24)(H,23,25). The summed E-state index contributed by atoms with van der Waals surface area (Å²) < 4.78 is 25.1. The number of nitrogens with zero attached hydrogens (tertiary/aromatic N) is 1. The minimum absolute atomic E-state index is 0.343. The van der Waals surface area contributed by atoms with Crippen LogP contribution in [-0.4, -0.2) is 29.3 Å². The Kier molecular flexibility index (Phi) is 4.50. The van der Waals surface area contributed by atoms with Crippen LogP contribution in [0.25, 0.3) is 11.3 Å². The Balaban J connectivity index is 1.58. The number of rotatable bonds is 4. The Morgan fingerprint density at radius 3 is 2.78 bits per heavy atom. The number of carbonyl (C=O) groups excluding carboxylic acids is 1. The highest BCUT2D eigenvalue weighted by Gasteiger charge is 2.21. The van der Waals surface area contributed by atoms with E-state index in [1.54, 1.807) is 37.3 Å². The molecule has 0 fully saturated rings. The lowest BCUT2D eigenvalue weighted by Gasteiger charge is -2.19. The first-order valence-corrected chi connectivity index (χ1v) is 8.62. The van der Waals surface area contributed by atoms with E-state index in [0.29, 0.717) is 41.5 Å². The molecule has 1 aliphatic rings. The average molecular weight is 367 g/mol. The van der Waals surface area contributed by atoms with E-state index in [9.17, 15) is 9.18 Å². The van der Waals surface area contributed by atoms with Gasteiger partial charge in [0.05, 0.1) is 23.5 Å². The Hall–Kier alpha value is -3.35. The van der Waals surface area contributed by atoms with Crippen LogP contribution in [-0.2, 0) is 0 Å². The lowest BCUT2D eigenvalue weighted by Crippen LogP contribution is -2.27. The molecule has 27 heavy (non-hydrogen) atoms. The number of halogens is 1. The molecule has 0 bridgehead atoms. The predicted octanol–water partition coefficient (Wildman–Crippen LogP) is 3.48. The summed E-state index contributed by atoms with van der Waals surface area (Å²) in [6, 6.07) is 11.3. The van der Waals surface area contributed by atoms with Crippen LogP contribution in [0.15, 0.2) is 48.7 Å². The number of hydrogen-bond donors (Lipinski definition) is 2. The van der Waals surface area contributed by atoms with Crippen LogP contribution in [0, 0.1) is 5.82 Å². The third-order valence-electron chi connectivity index (χ3n) is 4.43. The van der Waals surface area contributed by atoms with E-state index < -0.39 is 6.04 Å². The third kappa shape index (κ3) is 3.36. The molecule has 2 N–H and O–H groups in total. The van der Waals surface area contributed by atoms with Crippen LogP contribution in [0.3, 0.4) is 0 Å². The third-order valence-corrected chi connectivity index (χ3v) is 4.43. The maximum Gasteiger partial charge on any atom is 0.255 e. The normalized spacial score (nSPS) is 13.9. The van der Waals surface area contributed by atoms with Gasteiger partial charge in [0.2, 0.25) is 0 Å². The van der Waals surface area contributed by atoms with Gasteiger partial charge in [-0.3, -0.25) is 9.89 Å². The van der Waals surface area contributed by atoms with Crippen LogP contribution < -0.4 is 14.8 Å². The number of fused-ring (bicyclic) bond motifs is 1. The fourth-order valence-corrected chi connectivity index (χ4v) is 3.06. The summed E-state index contributed by atoms with van der Waals surface area (Å²) in [5, 5.41) is 9.67. The van der Waals surface area contributed by atoms with E-state index in [0.717, 1.165) is 5.56 Å². The van der Waals surface area contributed by atoms with Crippen molar-refractivity contribution < 1.29 is 18.7 Å². The zero-order chi connectivity index (χ0) is 18.8. The van der Waals surface area contributed by atoms with Gasteiger partial charge in [0.15, 0.2) is 11.5 Å². The highest BCUT2D eigenvalue weighted by atomic mass is 19.1. The Labute approximate surface area is 155 Å². The smallest absolute Gasteiger partial charge is 0.255 e. The van der Waals surface area contributed by atoms with Crippen molar-refractivity contribution in [3.05, 3.63) is 65.6 Å². The molecule has 2 heterocycles. The van der Waals surface area contributed by atoms with Gasteiger partial charge in [0.25, 0.3) is 5.91 Å². The molecule has 0 spiro atoms. The molecule has 138 valence electrons. The van der Waals surface area contributed by atoms with Crippen molar-refractivity contribution in [1.82, 2.24) is 15.5 Å². The summed E-state index contributed by atoms with van der Waals surface area (Å²) in [7, 11) is 0. The Bertz CT molecular complexity index is 986. The largest absolute Gasteiger partial charge is 0.486 e. The molecule has 6 nitrogen and oxygen atoms in total. The maximum atomic E-state index is 13.9. The predicted molar refractivity (Wildman–Crippen MR) is 97.3 cm³/mol. The number of ether oxygens (including phenoxy) is 2. The molecule has 7 heteroatoms. The van der Waals surface area contributed by atoms with Crippen molar-refractivity contribution in [2.45, 2.75) is 13.0 Å². The van der Waals surface area contributed by atoms with E-state index in [4.69, 9.17) is 9.47 Å². The molecule has 0 aliphatic carbocycles. The molecule has 1 atom stereocenters. The van der Waals surface area contributed by atoms with Gasteiger partial charge in [0.1, 0.15) is 19.0 Å². The van der Waals surface area contributed by atoms with Crippen LogP contribution in [0.5, 0.6) is 11.5 Å². The topological polar surface area (TPSA) is 76.2 Å². The molecular weight excluding hydrogens is 349 g/mol. The first kappa shape index (κ1) is 17.1. The van der Waals surface area contributed by atoms with Gasteiger partial charge in [0, 0.05) is 11.1 Å². The van der Waals surface area contributed by atoms with Gasteiger partial charge in [-0.2, -0.15) is 5.10 Å². The van der Waals surface area contributed by atoms with Crippen molar-refractivity contribution in [3.63, 3.8) is 0 Å². The fraction of sp³-hybridized carbons (Fsp3) is 0.200. The summed E-state index contributed by atoms with van der Waals surface area (Å²) in [6.45, 7) is 2.73. The summed E-state index contributed by atoms with van der Waals surface area (Å²) in [4.78, 5) is 12.7. The monoisotopic (exact) mass is 367 g/mol. The molecule has 1 aliphatic heterocycles. The summed E-state index contributed by atoms with van der Waals surface area (Å²) in [6.07, 6.45) is 1.45. The van der Waals surface area contributed by atoms with Crippen LogP contribution in [0.4, 0.5) is 4.39 Å². The Morgan fingerprint density at radius 2 is 1.96 bits per heavy atom. The van der Waals surface area contributed by atoms with Gasteiger partial charge in [-0.05, 0) is 31.2 Å². The van der Waals surface area contributed by atoms with Crippen molar-refractivity contribution in [1.29, 1.82) is 0 Å². The van der Waals surface area contributed by atoms with Crippen LogP contribution >= 0.6 is 0 Å². The summed E-state index contributed by atoms with van der Waals surface area (Å²) in [5.41, 5.74) is 2.11. The number of nitrogens with one attached hydrogen (secondary N) is 2. The molecule has 1 amide bonds. The number of H-pyrrole nitrogens is 1.